The summed E-state index contributed by atoms with van der Waals surface area (Å²) >= 11 is 0. The standard InChI is InChI=1S/C24H29N5O2/c1-4-12-26-22(30)20-7-5-6-18(13-20)14-27-24(25-3)28-15-21-16-31-23(29-21)19-10-8-17(2)9-11-19/h5-11,13,16H,4,12,14-15H2,1-3H3,(H,26,30)(H2,25,27,28). The van der Waals surface area contributed by atoms with Gasteiger partial charge in [0.2, 0.25) is 5.89 Å². The summed E-state index contributed by atoms with van der Waals surface area (Å²) < 4.78 is 5.60. The Bertz CT molecular complexity index is 1020. The van der Waals surface area contributed by atoms with Crippen molar-refractivity contribution in [3.63, 3.8) is 0 Å². The summed E-state index contributed by atoms with van der Waals surface area (Å²) in [6.07, 6.45) is 2.56. The molecule has 0 spiro atoms. The molecule has 7 nitrogen and oxygen atoms in total. The van der Waals surface area contributed by atoms with Crippen LogP contribution in [0.15, 0.2) is 64.2 Å². The molecule has 0 bridgehead atoms. The van der Waals surface area contributed by atoms with E-state index < -0.39 is 0 Å². The molecule has 0 unspecified atom stereocenters. The molecule has 0 saturated carbocycles. The van der Waals surface area contributed by atoms with Gasteiger partial charge in [-0.25, -0.2) is 4.98 Å². The van der Waals surface area contributed by atoms with Crippen LogP contribution in [0.3, 0.4) is 0 Å². The van der Waals surface area contributed by atoms with Gasteiger partial charge in [-0.3, -0.25) is 9.79 Å². The zero-order valence-corrected chi connectivity index (χ0v) is 18.2. The van der Waals surface area contributed by atoms with E-state index in [1.54, 1.807) is 13.3 Å². The summed E-state index contributed by atoms with van der Waals surface area (Å²) in [4.78, 5) is 20.9. The van der Waals surface area contributed by atoms with Crippen LogP contribution in [-0.4, -0.2) is 30.4 Å². The second kappa shape index (κ2) is 11.0. The van der Waals surface area contributed by atoms with E-state index in [4.69, 9.17) is 4.42 Å². The SMILES string of the molecule is CCCNC(=O)c1cccc(CNC(=NC)NCc2coc(-c3ccc(C)cc3)n2)c1. The van der Waals surface area contributed by atoms with Crippen LogP contribution < -0.4 is 16.0 Å². The summed E-state index contributed by atoms with van der Waals surface area (Å²) in [7, 11) is 1.71. The molecule has 1 heterocycles. The van der Waals surface area contributed by atoms with Crippen LogP contribution in [0, 0.1) is 6.92 Å². The van der Waals surface area contributed by atoms with Gasteiger partial charge in [0.15, 0.2) is 5.96 Å². The number of hydrogen-bond acceptors (Lipinski definition) is 4. The summed E-state index contributed by atoms with van der Waals surface area (Å²) in [5, 5.41) is 9.39. The molecular formula is C24H29N5O2. The molecule has 2 aromatic carbocycles. The van der Waals surface area contributed by atoms with Gasteiger partial charge < -0.3 is 20.4 Å². The first-order chi connectivity index (χ1) is 15.1. The van der Waals surface area contributed by atoms with Crippen molar-refractivity contribution in [1.29, 1.82) is 0 Å². The highest BCUT2D eigenvalue weighted by Gasteiger charge is 2.08. The first kappa shape index (κ1) is 22.1. The van der Waals surface area contributed by atoms with Crippen molar-refractivity contribution in [2.24, 2.45) is 4.99 Å². The lowest BCUT2D eigenvalue weighted by Gasteiger charge is -2.11. The third kappa shape index (κ3) is 6.44. The number of benzene rings is 2. The smallest absolute Gasteiger partial charge is 0.251 e. The number of aliphatic imine (C=N–C) groups is 1. The Hall–Kier alpha value is -3.61. The van der Waals surface area contributed by atoms with Gasteiger partial charge >= 0.3 is 0 Å². The van der Waals surface area contributed by atoms with Crippen LogP contribution in [0.5, 0.6) is 0 Å². The molecule has 0 aliphatic heterocycles. The molecule has 3 N–H and O–H groups in total. The molecule has 162 valence electrons. The van der Waals surface area contributed by atoms with Crippen molar-refractivity contribution in [3.8, 4) is 11.5 Å². The Labute approximate surface area is 183 Å². The second-order valence-electron chi connectivity index (χ2n) is 7.25. The van der Waals surface area contributed by atoms with Gasteiger partial charge in [-0.15, -0.1) is 0 Å². The summed E-state index contributed by atoms with van der Waals surface area (Å²) in [5.74, 6) is 1.18. The Morgan fingerprint density at radius 1 is 1.06 bits per heavy atom. The predicted molar refractivity (Wildman–Crippen MR) is 123 cm³/mol. The minimum atomic E-state index is -0.0541. The topological polar surface area (TPSA) is 91.5 Å². The fourth-order valence-electron chi connectivity index (χ4n) is 2.96. The van der Waals surface area contributed by atoms with Gasteiger partial charge in [-0.05, 0) is 43.2 Å². The van der Waals surface area contributed by atoms with E-state index in [9.17, 15) is 4.79 Å². The first-order valence-electron chi connectivity index (χ1n) is 10.4. The number of oxazole rings is 1. The highest BCUT2D eigenvalue weighted by atomic mass is 16.3. The minimum absolute atomic E-state index is 0.0541. The third-order valence-corrected chi connectivity index (χ3v) is 4.70. The molecule has 0 aliphatic carbocycles. The van der Waals surface area contributed by atoms with Crippen molar-refractivity contribution in [1.82, 2.24) is 20.9 Å². The molecule has 0 atom stereocenters. The molecule has 3 rings (SSSR count). The monoisotopic (exact) mass is 419 g/mol. The molecule has 3 aromatic rings. The van der Waals surface area contributed by atoms with Crippen LogP contribution in [0.4, 0.5) is 0 Å². The maximum atomic E-state index is 12.1. The third-order valence-electron chi connectivity index (χ3n) is 4.70. The number of hydrogen-bond donors (Lipinski definition) is 3. The lowest BCUT2D eigenvalue weighted by molar-refractivity contribution is 0.0953. The number of aryl methyl sites for hydroxylation is 1. The van der Waals surface area contributed by atoms with E-state index in [2.05, 4.69) is 25.9 Å². The fourth-order valence-corrected chi connectivity index (χ4v) is 2.96. The van der Waals surface area contributed by atoms with Gasteiger partial charge in [0.25, 0.3) is 5.91 Å². The van der Waals surface area contributed by atoms with E-state index in [0.29, 0.717) is 37.0 Å². The van der Waals surface area contributed by atoms with E-state index in [1.807, 2.05) is 62.4 Å². The first-order valence-corrected chi connectivity index (χ1v) is 10.4. The van der Waals surface area contributed by atoms with E-state index >= 15 is 0 Å². The minimum Gasteiger partial charge on any atom is -0.444 e. The van der Waals surface area contributed by atoms with Gasteiger partial charge in [0.1, 0.15) is 6.26 Å². The van der Waals surface area contributed by atoms with E-state index in [0.717, 1.165) is 23.2 Å². The highest BCUT2D eigenvalue weighted by Crippen LogP contribution is 2.19. The number of carbonyl (C=O) groups is 1. The zero-order valence-electron chi connectivity index (χ0n) is 18.2. The molecule has 0 radical (unpaired) electrons. The van der Waals surface area contributed by atoms with Crippen molar-refractivity contribution >= 4 is 11.9 Å². The van der Waals surface area contributed by atoms with Crippen molar-refractivity contribution < 1.29 is 9.21 Å². The Kier molecular flexibility index (Phi) is 7.81. The Morgan fingerprint density at radius 2 is 1.84 bits per heavy atom. The van der Waals surface area contributed by atoms with E-state index in [-0.39, 0.29) is 5.91 Å². The summed E-state index contributed by atoms with van der Waals surface area (Å²) in [6, 6.07) is 15.6. The van der Waals surface area contributed by atoms with Crippen molar-refractivity contribution in [2.75, 3.05) is 13.6 Å². The van der Waals surface area contributed by atoms with Gasteiger partial charge in [0.05, 0.1) is 12.2 Å². The van der Waals surface area contributed by atoms with Gasteiger partial charge in [-0.2, -0.15) is 0 Å². The number of nitrogens with one attached hydrogen (secondary N) is 3. The number of amides is 1. The lowest BCUT2D eigenvalue weighted by atomic mass is 10.1. The van der Waals surface area contributed by atoms with Crippen LogP contribution in [0.25, 0.3) is 11.5 Å². The Balaban J connectivity index is 1.52. The highest BCUT2D eigenvalue weighted by molar-refractivity contribution is 5.94. The van der Waals surface area contributed by atoms with Crippen LogP contribution in [0.1, 0.15) is 40.5 Å². The van der Waals surface area contributed by atoms with Gasteiger partial charge in [0, 0.05) is 31.3 Å². The fraction of sp³-hybridized carbons (Fsp3) is 0.292. The molecule has 31 heavy (non-hydrogen) atoms. The normalized spacial score (nSPS) is 11.3. The summed E-state index contributed by atoms with van der Waals surface area (Å²) in [6.45, 7) is 5.77. The lowest BCUT2D eigenvalue weighted by Crippen LogP contribution is -2.36. The van der Waals surface area contributed by atoms with Crippen molar-refractivity contribution in [2.45, 2.75) is 33.4 Å². The van der Waals surface area contributed by atoms with Crippen LogP contribution in [-0.2, 0) is 13.1 Å². The molecule has 1 amide bonds. The number of carbonyl (C=O) groups excluding carboxylic acids is 1. The number of guanidine groups is 1. The van der Waals surface area contributed by atoms with Crippen LogP contribution in [0.2, 0.25) is 0 Å². The Morgan fingerprint density at radius 3 is 2.58 bits per heavy atom. The van der Waals surface area contributed by atoms with Crippen LogP contribution >= 0.6 is 0 Å². The zero-order chi connectivity index (χ0) is 22.1. The second-order valence-corrected chi connectivity index (χ2v) is 7.25. The largest absolute Gasteiger partial charge is 0.444 e. The molecular weight excluding hydrogens is 390 g/mol. The van der Waals surface area contributed by atoms with Gasteiger partial charge in [-0.1, -0.05) is 36.8 Å². The maximum absolute atomic E-state index is 12.1. The quantitative estimate of drug-likeness (QED) is 0.383. The molecule has 0 aliphatic rings. The predicted octanol–water partition coefficient (Wildman–Crippen LogP) is 3.66. The number of nitrogens with zero attached hydrogens (tertiary/aromatic N) is 2. The maximum Gasteiger partial charge on any atom is 0.251 e. The summed E-state index contributed by atoms with van der Waals surface area (Å²) in [5.41, 5.74) is 4.58. The average Bonchev–Trinajstić information content (AvgIpc) is 3.27. The molecule has 0 fully saturated rings. The number of aromatic nitrogens is 1. The molecule has 1 aromatic heterocycles. The van der Waals surface area contributed by atoms with Crippen molar-refractivity contribution in [3.05, 3.63) is 77.2 Å². The molecule has 0 saturated heterocycles. The average molecular weight is 420 g/mol. The number of rotatable bonds is 8. The van der Waals surface area contributed by atoms with E-state index in [1.165, 1.54) is 5.56 Å². The molecule has 7 heteroatoms.